The Morgan fingerprint density at radius 3 is 3.00 bits per heavy atom. The van der Waals surface area contributed by atoms with E-state index >= 15 is 0 Å². The Bertz CT molecular complexity index is 425. The summed E-state index contributed by atoms with van der Waals surface area (Å²) in [6.07, 6.45) is 3.90. The summed E-state index contributed by atoms with van der Waals surface area (Å²) in [5.74, 6) is 0.114. The molecule has 1 saturated heterocycles. The largest absolute Gasteiger partial charge is 0.337 e. The van der Waals surface area contributed by atoms with Gasteiger partial charge in [0.1, 0.15) is 0 Å². The van der Waals surface area contributed by atoms with E-state index in [4.69, 9.17) is 0 Å². The monoisotopic (exact) mass is 250 g/mol. The van der Waals surface area contributed by atoms with Gasteiger partial charge in [0.15, 0.2) is 0 Å². The molecular formula is C13H22N4O. The van der Waals surface area contributed by atoms with Crippen molar-refractivity contribution in [2.24, 2.45) is 7.05 Å². The van der Waals surface area contributed by atoms with Gasteiger partial charge in [-0.05, 0) is 26.3 Å². The lowest BCUT2D eigenvalue weighted by molar-refractivity contribution is 0.0695. The molecule has 100 valence electrons. The maximum Gasteiger partial charge on any atom is 0.257 e. The molecule has 1 atom stereocenters. The molecule has 0 aliphatic carbocycles. The second-order valence-corrected chi connectivity index (χ2v) is 4.92. The van der Waals surface area contributed by atoms with Crippen molar-refractivity contribution in [2.75, 3.05) is 19.6 Å². The van der Waals surface area contributed by atoms with Crippen molar-refractivity contribution in [3.63, 3.8) is 0 Å². The van der Waals surface area contributed by atoms with Crippen LogP contribution < -0.4 is 5.32 Å². The average Bonchev–Trinajstić information content (AvgIpc) is 2.70. The molecule has 2 heterocycles. The Kier molecular flexibility index (Phi) is 4.01. The van der Waals surface area contributed by atoms with Gasteiger partial charge in [0.2, 0.25) is 0 Å². The summed E-state index contributed by atoms with van der Waals surface area (Å²) in [5.41, 5.74) is 1.67. The average molecular weight is 250 g/mol. The zero-order chi connectivity index (χ0) is 13.1. The van der Waals surface area contributed by atoms with Crippen LogP contribution in [0.1, 0.15) is 35.8 Å². The molecule has 1 aromatic heterocycles. The Morgan fingerprint density at radius 1 is 1.61 bits per heavy atom. The minimum absolute atomic E-state index is 0.114. The maximum absolute atomic E-state index is 12.4. The van der Waals surface area contributed by atoms with E-state index in [1.807, 2.05) is 18.9 Å². The summed E-state index contributed by atoms with van der Waals surface area (Å²) in [5, 5.41) is 7.57. The van der Waals surface area contributed by atoms with E-state index in [1.165, 1.54) is 0 Å². The normalized spacial score (nSPS) is 20.2. The van der Waals surface area contributed by atoms with Crippen LogP contribution >= 0.6 is 0 Å². The molecule has 5 nitrogen and oxygen atoms in total. The molecule has 0 radical (unpaired) electrons. The first kappa shape index (κ1) is 13.1. The van der Waals surface area contributed by atoms with Crippen molar-refractivity contribution in [3.8, 4) is 0 Å². The van der Waals surface area contributed by atoms with E-state index in [2.05, 4.69) is 17.3 Å². The van der Waals surface area contributed by atoms with Crippen molar-refractivity contribution >= 4 is 5.91 Å². The number of rotatable bonds is 3. The number of carbonyl (C=O) groups is 1. The standard InChI is InChI=1S/C13H22N4O/c1-4-14-11-6-5-7-17(9-11)13(18)12-8-15-16(3)10(12)2/h8,11,14H,4-7,9H2,1-3H3. The third-order valence-corrected chi connectivity index (χ3v) is 3.67. The highest BCUT2D eigenvalue weighted by atomic mass is 16.2. The van der Waals surface area contributed by atoms with Crippen molar-refractivity contribution < 1.29 is 4.79 Å². The molecule has 18 heavy (non-hydrogen) atoms. The summed E-state index contributed by atoms with van der Waals surface area (Å²) >= 11 is 0. The molecule has 2 rings (SSSR count). The second-order valence-electron chi connectivity index (χ2n) is 4.92. The SMILES string of the molecule is CCNC1CCCN(C(=O)c2cnn(C)c2C)C1. The summed E-state index contributed by atoms with van der Waals surface area (Å²) in [7, 11) is 1.86. The smallest absolute Gasteiger partial charge is 0.257 e. The molecule has 1 fully saturated rings. The summed E-state index contributed by atoms with van der Waals surface area (Å²) in [6.45, 7) is 6.66. The quantitative estimate of drug-likeness (QED) is 0.868. The lowest BCUT2D eigenvalue weighted by Gasteiger charge is -2.33. The van der Waals surface area contributed by atoms with Gasteiger partial charge in [0.25, 0.3) is 5.91 Å². The zero-order valence-electron chi connectivity index (χ0n) is 11.4. The summed E-state index contributed by atoms with van der Waals surface area (Å²) in [4.78, 5) is 14.4. The van der Waals surface area contributed by atoms with Gasteiger partial charge in [0, 0.05) is 31.9 Å². The van der Waals surface area contributed by atoms with Crippen LogP contribution in [0.15, 0.2) is 6.20 Å². The number of amides is 1. The van der Waals surface area contributed by atoms with Crippen LogP contribution in [0.4, 0.5) is 0 Å². The minimum Gasteiger partial charge on any atom is -0.337 e. The lowest BCUT2D eigenvalue weighted by atomic mass is 10.0. The molecule has 0 bridgehead atoms. The molecule has 5 heteroatoms. The number of piperidine rings is 1. The molecule has 1 aliphatic heterocycles. The van der Waals surface area contributed by atoms with Crippen LogP contribution in [0.5, 0.6) is 0 Å². The topological polar surface area (TPSA) is 50.2 Å². The van der Waals surface area contributed by atoms with Crippen LogP contribution in [0.25, 0.3) is 0 Å². The third-order valence-electron chi connectivity index (χ3n) is 3.67. The molecule has 1 aromatic rings. The first-order valence-electron chi connectivity index (χ1n) is 6.64. The molecule has 1 aliphatic rings. The second kappa shape index (κ2) is 5.52. The molecule has 1 amide bonds. The molecule has 0 saturated carbocycles. The van der Waals surface area contributed by atoms with Gasteiger partial charge in [-0.3, -0.25) is 9.48 Å². The fourth-order valence-electron chi connectivity index (χ4n) is 2.50. The van der Waals surface area contributed by atoms with Crippen LogP contribution in [0, 0.1) is 6.92 Å². The van der Waals surface area contributed by atoms with Gasteiger partial charge in [0.05, 0.1) is 11.8 Å². The number of carbonyl (C=O) groups excluding carboxylic acids is 1. The van der Waals surface area contributed by atoms with Crippen molar-refractivity contribution in [3.05, 3.63) is 17.5 Å². The molecule has 0 aromatic carbocycles. The molecule has 1 N–H and O–H groups in total. The van der Waals surface area contributed by atoms with E-state index in [0.717, 1.165) is 43.7 Å². The summed E-state index contributed by atoms with van der Waals surface area (Å²) < 4.78 is 1.75. The zero-order valence-corrected chi connectivity index (χ0v) is 11.4. The van der Waals surface area contributed by atoms with Crippen LogP contribution in [-0.2, 0) is 7.05 Å². The molecular weight excluding hydrogens is 228 g/mol. The Balaban J connectivity index is 2.07. The number of nitrogens with one attached hydrogen (secondary N) is 1. The number of hydrogen-bond acceptors (Lipinski definition) is 3. The van der Waals surface area contributed by atoms with E-state index < -0.39 is 0 Å². The van der Waals surface area contributed by atoms with Gasteiger partial charge in [-0.2, -0.15) is 5.10 Å². The highest BCUT2D eigenvalue weighted by Gasteiger charge is 2.25. The Labute approximate surface area is 108 Å². The fourth-order valence-corrected chi connectivity index (χ4v) is 2.50. The fraction of sp³-hybridized carbons (Fsp3) is 0.692. The molecule has 0 spiro atoms. The number of likely N-dealkylation sites (tertiary alicyclic amines) is 1. The number of aromatic nitrogens is 2. The number of nitrogens with zero attached hydrogens (tertiary/aromatic N) is 3. The minimum atomic E-state index is 0.114. The maximum atomic E-state index is 12.4. The van der Waals surface area contributed by atoms with Crippen LogP contribution in [-0.4, -0.2) is 46.3 Å². The number of aryl methyl sites for hydroxylation is 1. The van der Waals surface area contributed by atoms with E-state index in [1.54, 1.807) is 10.9 Å². The lowest BCUT2D eigenvalue weighted by Crippen LogP contribution is -2.48. The van der Waals surface area contributed by atoms with Crippen LogP contribution in [0.2, 0.25) is 0 Å². The highest BCUT2D eigenvalue weighted by Crippen LogP contribution is 2.15. The predicted molar refractivity (Wildman–Crippen MR) is 70.5 cm³/mol. The Hall–Kier alpha value is -1.36. The van der Waals surface area contributed by atoms with Crippen molar-refractivity contribution in [1.29, 1.82) is 0 Å². The Morgan fingerprint density at radius 2 is 2.39 bits per heavy atom. The summed E-state index contributed by atoms with van der Waals surface area (Å²) in [6, 6.07) is 0.435. The first-order chi connectivity index (χ1) is 8.63. The third kappa shape index (κ3) is 2.56. The van der Waals surface area contributed by atoms with Crippen LogP contribution in [0.3, 0.4) is 0 Å². The van der Waals surface area contributed by atoms with E-state index in [9.17, 15) is 4.79 Å². The number of hydrogen-bond donors (Lipinski definition) is 1. The van der Waals surface area contributed by atoms with Gasteiger partial charge in [-0.25, -0.2) is 0 Å². The highest BCUT2D eigenvalue weighted by molar-refractivity contribution is 5.95. The predicted octanol–water partition coefficient (Wildman–Crippen LogP) is 0.943. The van der Waals surface area contributed by atoms with Crippen molar-refractivity contribution in [2.45, 2.75) is 32.7 Å². The van der Waals surface area contributed by atoms with E-state index in [0.29, 0.717) is 6.04 Å². The van der Waals surface area contributed by atoms with Gasteiger partial charge >= 0.3 is 0 Å². The first-order valence-corrected chi connectivity index (χ1v) is 6.64. The van der Waals surface area contributed by atoms with Crippen molar-refractivity contribution in [1.82, 2.24) is 20.0 Å². The van der Waals surface area contributed by atoms with Gasteiger partial charge < -0.3 is 10.2 Å². The molecule has 1 unspecified atom stereocenters. The number of likely N-dealkylation sites (N-methyl/N-ethyl adjacent to an activating group) is 1. The van der Waals surface area contributed by atoms with Gasteiger partial charge in [-0.15, -0.1) is 0 Å². The van der Waals surface area contributed by atoms with E-state index in [-0.39, 0.29) is 5.91 Å². The van der Waals surface area contributed by atoms with Gasteiger partial charge in [-0.1, -0.05) is 6.92 Å².